The average molecular weight is 535 g/mol. The summed E-state index contributed by atoms with van der Waals surface area (Å²) in [5.41, 5.74) is 2.66. The molecule has 1 aliphatic rings. The van der Waals surface area contributed by atoms with E-state index in [1.165, 1.54) is 16.2 Å². The van der Waals surface area contributed by atoms with Crippen LogP contribution in [0.5, 0.6) is 0 Å². The lowest BCUT2D eigenvalue weighted by molar-refractivity contribution is -0.117. The Hall–Kier alpha value is -3.65. The molecule has 0 radical (unpaired) electrons. The zero-order chi connectivity index (χ0) is 25.1. The SMILES string of the molecule is Cc1ccc2nc(N3C(=O)C(O)=C(C(=O)c4cc5ccccc5o4)[C@H]3c3ccc(Cl)c(Cl)c3)sc2c1. The van der Waals surface area contributed by atoms with Gasteiger partial charge in [-0.2, -0.15) is 0 Å². The highest BCUT2D eigenvalue weighted by molar-refractivity contribution is 7.22. The molecule has 6 rings (SSSR count). The first kappa shape index (κ1) is 22.8. The van der Waals surface area contributed by atoms with Crippen LogP contribution in [0, 0.1) is 6.92 Å². The number of benzene rings is 3. The van der Waals surface area contributed by atoms with Gasteiger partial charge in [-0.25, -0.2) is 4.98 Å². The number of aliphatic hydroxyl groups excluding tert-OH is 1. The molecule has 1 N–H and O–H groups in total. The van der Waals surface area contributed by atoms with E-state index in [1.807, 2.05) is 37.3 Å². The number of thiazole rings is 1. The van der Waals surface area contributed by atoms with Crippen molar-refractivity contribution in [2.45, 2.75) is 13.0 Å². The summed E-state index contributed by atoms with van der Waals surface area (Å²) in [6.45, 7) is 1.97. The van der Waals surface area contributed by atoms with Crippen LogP contribution in [-0.4, -0.2) is 21.8 Å². The van der Waals surface area contributed by atoms with Crippen molar-refractivity contribution in [3.8, 4) is 0 Å². The van der Waals surface area contributed by atoms with E-state index in [2.05, 4.69) is 4.98 Å². The number of aliphatic hydroxyl groups is 1. The summed E-state index contributed by atoms with van der Waals surface area (Å²) in [7, 11) is 0. The second-order valence-electron chi connectivity index (χ2n) is 8.46. The molecule has 2 aromatic heterocycles. The molecular weight excluding hydrogens is 519 g/mol. The topological polar surface area (TPSA) is 83.6 Å². The lowest BCUT2D eigenvalue weighted by Gasteiger charge is -2.24. The van der Waals surface area contributed by atoms with Gasteiger partial charge in [0.25, 0.3) is 5.91 Å². The van der Waals surface area contributed by atoms with Crippen molar-refractivity contribution in [3.63, 3.8) is 0 Å². The molecule has 6 nitrogen and oxygen atoms in total. The summed E-state index contributed by atoms with van der Waals surface area (Å²) in [6, 6.07) is 18.4. The summed E-state index contributed by atoms with van der Waals surface area (Å²) in [4.78, 5) is 33.1. The Morgan fingerprint density at radius 2 is 1.86 bits per heavy atom. The highest BCUT2D eigenvalue weighted by atomic mass is 35.5. The molecule has 1 amide bonds. The molecule has 1 aliphatic heterocycles. The number of carbonyl (C=O) groups excluding carboxylic acids is 2. The molecule has 178 valence electrons. The molecule has 0 saturated heterocycles. The van der Waals surface area contributed by atoms with Crippen LogP contribution in [0.3, 0.4) is 0 Å². The minimum Gasteiger partial charge on any atom is -0.503 e. The van der Waals surface area contributed by atoms with E-state index < -0.39 is 23.5 Å². The molecule has 0 bridgehead atoms. The fourth-order valence-corrected chi connectivity index (χ4v) is 5.78. The largest absolute Gasteiger partial charge is 0.503 e. The van der Waals surface area contributed by atoms with E-state index in [4.69, 9.17) is 27.6 Å². The Morgan fingerprint density at radius 3 is 2.64 bits per heavy atom. The third-order valence-corrected chi connectivity index (χ3v) is 7.86. The van der Waals surface area contributed by atoms with Gasteiger partial charge < -0.3 is 9.52 Å². The number of anilines is 1. The Kier molecular flexibility index (Phi) is 5.37. The number of furan rings is 1. The fourth-order valence-electron chi connectivity index (χ4n) is 4.38. The van der Waals surface area contributed by atoms with Crippen LogP contribution in [0.2, 0.25) is 10.0 Å². The zero-order valence-corrected chi connectivity index (χ0v) is 21.0. The van der Waals surface area contributed by atoms with E-state index >= 15 is 0 Å². The fraction of sp³-hybridized carbons (Fsp3) is 0.0741. The first-order valence-corrected chi connectivity index (χ1v) is 12.5. The standard InChI is InChI=1S/C27H16Cl2N2O4S/c1-13-6-9-18-21(10-13)36-27(30-18)31-23(15-7-8-16(28)17(29)11-15)22(25(33)26(31)34)24(32)20-12-14-4-2-3-5-19(14)35-20/h2-12,23,33H,1H3/t23-/m1/s1. The number of fused-ring (bicyclic) bond motifs is 2. The van der Waals surface area contributed by atoms with Crippen LogP contribution in [0.4, 0.5) is 5.13 Å². The molecule has 9 heteroatoms. The lowest BCUT2D eigenvalue weighted by atomic mass is 9.95. The van der Waals surface area contributed by atoms with Crippen molar-refractivity contribution in [1.82, 2.24) is 4.98 Å². The normalized spacial score (nSPS) is 16.0. The third-order valence-electron chi connectivity index (χ3n) is 6.10. The number of carbonyl (C=O) groups is 2. The maximum atomic E-state index is 13.7. The van der Waals surface area contributed by atoms with Gasteiger partial charge in [-0.3, -0.25) is 14.5 Å². The Labute approximate surface area is 219 Å². The van der Waals surface area contributed by atoms with E-state index in [0.29, 0.717) is 26.8 Å². The van der Waals surface area contributed by atoms with Gasteiger partial charge in [-0.05, 0) is 54.4 Å². The smallest absolute Gasteiger partial charge is 0.296 e. The van der Waals surface area contributed by atoms with Gasteiger partial charge in [0.15, 0.2) is 16.7 Å². The van der Waals surface area contributed by atoms with Gasteiger partial charge in [0.1, 0.15) is 5.58 Å². The quantitative estimate of drug-likeness (QED) is 0.242. The van der Waals surface area contributed by atoms with Crippen molar-refractivity contribution in [2.75, 3.05) is 4.90 Å². The van der Waals surface area contributed by atoms with E-state index in [1.54, 1.807) is 36.4 Å². The Morgan fingerprint density at radius 1 is 1.06 bits per heavy atom. The number of hydrogen-bond donors (Lipinski definition) is 1. The van der Waals surface area contributed by atoms with Crippen molar-refractivity contribution in [1.29, 1.82) is 0 Å². The number of aryl methyl sites for hydroxylation is 1. The van der Waals surface area contributed by atoms with Gasteiger partial charge in [0.2, 0.25) is 5.78 Å². The van der Waals surface area contributed by atoms with Crippen molar-refractivity contribution in [2.24, 2.45) is 0 Å². The number of aromatic nitrogens is 1. The van der Waals surface area contributed by atoms with Crippen LogP contribution in [-0.2, 0) is 4.79 Å². The molecule has 0 fully saturated rings. The summed E-state index contributed by atoms with van der Waals surface area (Å²) < 4.78 is 6.65. The molecule has 0 aliphatic carbocycles. The van der Waals surface area contributed by atoms with E-state index in [0.717, 1.165) is 15.6 Å². The molecule has 3 heterocycles. The predicted octanol–water partition coefficient (Wildman–Crippen LogP) is 7.44. The van der Waals surface area contributed by atoms with Crippen LogP contribution < -0.4 is 4.90 Å². The molecular formula is C27H16Cl2N2O4S. The molecule has 3 aromatic carbocycles. The summed E-state index contributed by atoms with van der Waals surface area (Å²) in [5.74, 6) is -1.99. The minimum atomic E-state index is -0.991. The highest BCUT2D eigenvalue weighted by Gasteiger charge is 2.46. The average Bonchev–Trinajstić information content (AvgIpc) is 3.54. The third kappa shape index (κ3) is 3.59. The van der Waals surface area contributed by atoms with Crippen LogP contribution in [0.15, 0.2) is 82.5 Å². The first-order chi connectivity index (χ1) is 17.3. The van der Waals surface area contributed by atoms with Gasteiger partial charge in [0.05, 0.1) is 31.9 Å². The molecule has 5 aromatic rings. The summed E-state index contributed by atoms with van der Waals surface area (Å²) in [6.07, 6.45) is 0. The summed E-state index contributed by atoms with van der Waals surface area (Å²) in [5, 5.41) is 12.7. The summed E-state index contributed by atoms with van der Waals surface area (Å²) >= 11 is 13.7. The predicted molar refractivity (Wildman–Crippen MR) is 141 cm³/mol. The Balaban J connectivity index is 1.53. The highest BCUT2D eigenvalue weighted by Crippen LogP contribution is 2.45. The molecule has 0 spiro atoms. The van der Waals surface area contributed by atoms with Crippen LogP contribution in [0.25, 0.3) is 21.2 Å². The number of rotatable bonds is 4. The lowest BCUT2D eigenvalue weighted by Crippen LogP contribution is -2.31. The number of amides is 1. The van der Waals surface area contributed by atoms with Gasteiger partial charge in [-0.1, -0.05) is 64.9 Å². The maximum absolute atomic E-state index is 13.7. The van der Waals surface area contributed by atoms with Crippen LogP contribution in [0.1, 0.15) is 27.7 Å². The van der Waals surface area contributed by atoms with Crippen LogP contribution >= 0.6 is 34.5 Å². The first-order valence-electron chi connectivity index (χ1n) is 10.9. The molecule has 0 saturated carbocycles. The monoisotopic (exact) mass is 534 g/mol. The Bertz CT molecular complexity index is 1720. The van der Waals surface area contributed by atoms with E-state index in [-0.39, 0.29) is 16.4 Å². The number of nitrogens with zero attached hydrogens (tertiary/aromatic N) is 2. The molecule has 0 unspecified atom stereocenters. The van der Waals surface area contributed by atoms with Gasteiger partial charge in [-0.15, -0.1) is 0 Å². The maximum Gasteiger partial charge on any atom is 0.296 e. The van der Waals surface area contributed by atoms with Gasteiger partial charge in [0, 0.05) is 5.39 Å². The van der Waals surface area contributed by atoms with Crippen molar-refractivity contribution < 1.29 is 19.1 Å². The van der Waals surface area contributed by atoms with Crippen molar-refractivity contribution in [3.05, 3.63) is 105 Å². The second-order valence-corrected chi connectivity index (χ2v) is 10.3. The second kappa shape index (κ2) is 8.48. The number of Topliss-reactive ketones (excluding diaryl/α,β-unsaturated/α-hetero) is 1. The number of ketones is 1. The van der Waals surface area contributed by atoms with Crippen molar-refractivity contribution >= 4 is 72.5 Å². The number of hydrogen-bond acceptors (Lipinski definition) is 6. The molecule has 1 atom stereocenters. The van der Waals surface area contributed by atoms with Gasteiger partial charge >= 0.3 is 0 Å². The van der Waals surface area contributed by atoms with E-state index in [9.17, 15) is 14.7 Å². The molecule has 36 heavy (non-hydrogen) atoms. The number of halogens is 2. The minimum absolute atomic E-state index is 0.0115. The zero-order valence-electron chi connectivity index (χ0n) is 18.7. The number of para-hydroxylation sites is 1.